The summed E-state index contributed by atoms with van der Waals surface area (Å²) >= 11 is 0. The summed E-state index contributed by atoms with van der Waals surface area (Å²) in [5, 5.41) is 11.4. The van der Waals surface area contributed by atoms with Gasteiger partial charge in [0.15, 0.2) is 11.7 Å². The maximum Gasteiger partial charge on any atom is 0.245 e. The Kier molecular flexibility index (Phi) is 6.24. The molecule has 106 valence electrons. The van der Waals surface area contributed by atoms with Crippen molar-refractivity contribution in [2.45, 2.75) is 0 Å². The van der Waals surface area contributed by atoms with Crippen molar-refractivity contribution < 1.29 is 14.3 Å². The molecule has 1 N–H and O–H groups in total. The van der Waals surface area contributed by atoms with Crippen molar-refractivity contribution in [2.75, 3.05) is 13.2 Å². The minimum absolute atomic E-state index is 0.123. The lowest BCUT2D eigenvalue weighted by Gasteiger charge is -2.09. The zero-order valence-corrected chi connectivity index (χ0v) is 11.3. The molecule has 0 aliphatic rings. The minimum Gasteiger partial charge on any atom is -0.481 e. The van der Waals surface area contributed by atoms with Crippen molar-refractivity contribution in [3.8, 4) is 24.2 Å². The highest BCUT2D eigenvalue weighted by Crippen LogP contribution is 2.15. The second-order valence-electron chi connectivity index (χ2n) is 3.98. The van der Waals surface area contributed by atoms with Crippen molar-refractivity contribution in [1.82, 2.24) is 5.32 Å². The molecule has 0 radical (unpaired) electrons. The van der Waals surface area contributed by atoms with Gasteiger partial charge in [0.05, 0.1) is 6.07 Å². The number of nitrogens with one attached hydrogen (secondary N) is 1. The number of ether oxygens (including phenoxy) is 1. The summed E-state index contributed by atoms with van der Waals surface area (Å²) in [5.74, 6) is 0.233. The molecular formula is C16H14N2O3. The van der Waals surface area contributed by atoms with Crippen LogP contribution in [-0.2, 0) is 4.79 Å². The standard InChI is InChI=1S/C16H14N2O3/c1-3-9-18-16(20)14(11-17)15(19)12-5-7-13(8-6-12)21-10-4-2/h2-3,5-8,14H,1,9-10H2,(H,18,20). The number of benzene rings is 1. The molecule has 1 amide bonds. The minimum atomic E-state index is -1.39. The fourth-order valence-corrected chi connectivity index (χ4v) is 1.52. The topological polar surface area (TPSA) is 79.2 Å². The van der Waals surface area contributed by atoms with Gasteiger partial charge in [-0.05, 0) is 24.3 Å². The van der Waals surface area contributed by atoms with Crippen LogP contribution in [0, 0.1) is 29.6 Å². The summed E-state index contributed by atoms with van der Waals surface area (Å²) in [4.78, 5) is 23.8. The van der Waals surface area contributed by atoms with Gasteiger partial charge in [-0.25, -0.2) is 0 Å². The number of carbonyl (C=O) groups is 2. The summed E-state index contributed by atoms with van der Waals surface area (Å²) in [7, 11) is 0. The van der Waals surface area contributed by atoms with Crippen LogP contribution in [0.3, 0.4) is 0 Å². The third-order valence-corrected chi connectivity index (χ3v) is 2.54. The molecule has 0 aromatic heterocycles. The lowest BCUT2D eigenvalue weighted by molar-refractivity contribution is -0.121. The zero-order valence-electron chi connectivity index (χ0n) is 11.3. The largest absolute Gasteiger partial charge is 0.481 e. The van der Waals surface area contributed by atoms with Crippen LogP contribution < -0.4 is 10.1 Å². The Balaban J connectivity index is 2.81. The van der Waals surface area contributed by atoms with E-state index in [4.69, 9.17) is 16.4 Å². The van der Waals surface area contributed by atoms with E-state index in [0.717, 1.165) is 0 Å². The van der Waals surface area contributed by atoms with Gasteiger partial charge in [-0.2, -0.15) is 5.26 Å². The first kappa shape index (κ1) is 16.0. The summed E-state index contributed by atoms with van der Waals surface area (Å²) in [5.41, 5.74) is 0.253. The normalized spacial score (nSPS) is 10.6. The molecule has 1 unspecified atom stereocenters. The summed E-state index contributed by atoms with van der Waals surface area (Å²) in [6, 6.07) is 7.79. The van der Waals surface area contributed by atoms with E-state index in [0.29, 0.717) is 5.75 Å². The number of terminal acetylenes is 1. The van der Waals surface area contributed by atoms with Crippen LogP contribution in [0.5, 0.6) is 5.75 Å². The van der Waals surface area contributed by atoms with Crippen molar-refractivity contribution in [3.05, 3.63) is 42.5 Å². The van der Waals surface area contributed by atoms with E-state index < -0.39 is 17.6 Å². The maximum atomic E-state index is 12.1. The SMILES string of the molecule is C#CCOc1ccc(C(=O)C(C#N)C(=O)NCC=C)cc1. The van der Waals surface area contributed by atoms with Crippen LogP contribution in [0.25, 0.3) is 0 Å². The molecule has 5 nitrogen and oxygen atoms in total. The molecule has 0 aliphatic heterocycles. The van der Waals surface area contributed by atoms with Gasteiger partial charge < -0.3 is 10.1 Å². The molecule has 21 heavy (non-hydrogen) atoms. The molecule has 1 rings (SSSR count). The fraction of sp³-hybridized carbons (Fsp3) is 0.188. The zero-order chi connectivity index (χ0) is 15.7. The highest BCUT2D eigenvalue weighted by molar-refractivity contribution is 6.12. The molecule has 0 heterocycles. The van der Waals surface area contributed by atoms with E-state index in [-0.39, 0.29) is 18.7 Å². The van der Waals surface area contributed by atoms with E-state index in [2.05, 4.69) is 17.8 Å². The van der Waals surface area contributed by atoms with E-state index in [1.165, 1.54) is 18.2 Å². The summed E-state index contributed by atoms with van der Waals surface area (Å²) in [6.07, 6.45) is 6.54. The number of nitriles is 1. The maximum absolute atomic E-state index is 12.1. The first-order valence-corrected chi connectivity index (χ1v) is 6.12. The van der Waals surface area contributed by atoms with Gasteiger partial charge in [0.1, 0.15) is 12.4 Å². The molecule has 1 atom stereocenters. The molecule has 0 fully saturated rings. The lowest BCUT2D eigenvalue weighted by atomic mass is 9.98. The second-order valence-corrected chi connectivity index (χ2v) is 3.98. The Labute approximate surface area is 123 Å². The number of Topliss-reactive ketones (excluding diaryl/α,β-unsaturated/α-hetero) is 1. The van der Waals surface area contributed by atoms with E-state index in [9.17, 15) is 9.59 Å². The van der Waals surface area contributed by atoms with Crippen molar-refractivity contribution in [1.29, 1.82) is 5.26 Å². The van der Waals surface area contributed by atoms with Gasteiger partial charge in [-0.1, -0.05) is 12.0 Å². The third kappa shape index (κ3) is 4.52. The van der Waals surface area contributed by atoms with Crippen molar-refractivity contribution >= 4 is 11.7 Å². The van der Waals surface area contributed by atoms with Crippen LogP contribution in [0.1, 0.15) is 10.4 Å². The van der Waals surface area contributed by atoms with Gasteiger partial charge in [0, 0.05) is 12.1 Å². The molecule has 1 aromatic rings. The first-order chi connectivity index (χ1) is 10.1. The molecule has 5 heteroatoms. The van der Waals surface area contributed by atoms with Gasteiger partial charge in [-0.3, -0.25) is 9.59 Å². The summed E-state index contributed by atoms with van der Waals surface area (Å²) < 4.78 is 5.17. The van der Waals surface area contributed by atoms with Crippen molar-refractivity contribution in [2.24, 2.45) is 5.92 Å². The van der Waals surface area contributed by atoms with Crippen LogP contribution in [0.4, 0.5) is 0 Å². The highest BCUT2D eigenvalue weighted by Gasteiger charge is 2.26. The molecule has 0 saturated carbocycles. The van der Waals surface area contributed by atoms with Crippen LogP contribution in [0.15, 0.2) is 36.9 Å². The van der Waals surface area contributed by atoms with Gasteiger partial charge in [0.25, 0.3) is 0 Å². The second kappa shape index (κ2) is 8.19. The van der Waals surface area contributed by atoms with Crippen LogP contribution in [-0.4, -0.2) is 24.8 Å². The molecular weight excluding hydrogens is 268 g/mol. The third-order valence-electron chi connectivity index (χ3n) is 2.54. The predicted molar refractivity (Wildman–Crippen MR) is 77.4 cm³/mol. The van der Waals surface area contributed by atoms with Crippen molar-refractivity contribution in [3.63, 3.8) is 0 Å². The molecule has 1 aromatic carbocycles. The predicted octanol–water partition coefficient (Wildman–Crippen LogP) is 1.32. The van der Waals surface area contributed by atoms with E-state index in [1.54, 1.807) is 18.2 Å². The number of nitrogens with zero attached hydrogens (tertiary/aromatic N) is 1. The molecule has 0 spiro atoms. The number of hydrogen-bond acceptors (Lipinski definition) is 4. The average Bonchev–Trinajstić information content (AvgIpc) is 2.52. The van der Waals surface area contributed by atoms with Crippen LogP contribution in [0.2, 0.25) is 0 Å². The quantitative estimate of drug-likeness (QED) is 0.354. The summed E-state index contributed by atoms with van der Waals surface area (Å²) in [6.45, 7) is 3.77. The first-order valence-electron chi connectivity index (χ1n) is 6.12. The monoisotopic (exact) mass is 282 g/mol. The lowest BCUT2D eigenvalue weighted by Crippen LogP contribution is -2.34. The number of hydrogen-bond donors (Lipinski definition) is 1. The highest BCUT2D eigenvalue weighted by atomic mass is 16.5. The number of amides is 1. The van der Waals surface area contributed by atoms with Gasteiger partial charge in [-0.15, -0.1) is 13.0 Å². The molecule has 0 aliphatic carbocycles. The van der Waals surface area contributed by atoms with Gasteiger partial charge >= 0.3 is 0 Å². The fourth-order valence-electron chi connectivity index (χ4n) is 1.52. The average molecular weight is 282 g/mol. The molecule has 0 saturated heterocycles. The molecule has 0 bridgehead atoms. The van der Waals surface area contributed by atoms with E-state index >= 15 is 0 Å². The Hall–Kier alpha value is -3.05. The Morgan fingerprint density at radius 1 is 1.43 bits per heavy atom. The number of rotatable bonds is 7. The van der Waals surface area contributed by atoms with Crippen LogP contribution >= 0.6 is 0 Å². The Morgan fingerprint density at radius 3 is 2.62 bits per heavy atom. The smallest absolute Gasteiger partial charge is 0.245 e. The number of carbonyl (C=O) groups excluding carboxylic acids is 2. The van der Waals surface area contributed by atoms with E-state index in [1.807, 2.05) is 0 Å². The number of ketones is 1. The van der Waals surface area contributed by atoms with Gasteiger partial charge in [0.2, 0.25) is 5.91 Å². The Morgan fingerprint density at radius 2 is 2.10 bits per heavy atom. The Bertz CT molecular complexity index is 606.